The molecule has 1 heterocycles. The molecule has 1 atom stereocenters. The molecule has 0 aliphatic heterocycles. The highest BCUT2D eigenvalue weighted by atomic mass is 35.5. The van der Waals surface area contributed by atoms with Gasteiger partial charge in [-0.25, -0.2) is 0 Å². The molecular formula is C24H24ClN3O3. The van der Waals surface area contributed by atoms with E-state index in [1.807, 2.05) is 20.8 Å². The number of hydrogen-bond acceptors (Lipinski definition) is 3. The van der Waals surface area contributed by atoms with Crippen LogP contribution >= 0.6 is 11.6 Å². The molecule has 0 spiro atoms. The maximum Gasteiger partial charge on any atom is 0.300 e. The second kappa shape index (κ2) is 9.18. The van der Waals surface area contributed by atoms with E-state index < -0.39 is 29.2 Å². The van der Waals surface area contributed by atoms with Gasteiger partial charge in [0.15, 0.2) is 6.04 Å². The quantitative estimate of drug-likeness (QED) is 0.438. The Labute approximate surface area is 186 Å². The molecule has 7 heteroatoms. The predicted octanol–water partition coefficient (Wildman–Crippen LogP) is 4.54. The van der Waals surface area contributed by atoms with E-state index in [9.17, 15) is 14.4 Å². The average molecular weight is 438 g/mol. The highest BCUT2D eigenvalue weighted by Crippen LogP contribution is 2.29. The minimum atomic E-state index is -1.09. The van der Waals surface area contributed by atoms with Gasteiger partial charge < -0.3 is 10.3 Å². The predicted molar refractivity (Wildman–Crippen MR) is 121 cm³/mol. The Morgan fingerprint density at radius 2 is 1.58 bits per heavy atom. The van der Waals surface area contributed by atoms with Crippen molar-refractivity contribution in [2.45, 2.75) is 32.4 Å². The topological polar surface area (TPSA) is 82.3 Å². The van der Waals surface area contributed by atoms with Crippen LogP contribution in [0.3, 0.4) is 0 Å². The number of ketones is 1. The molecule has 1 unspecified atom stereocenters. The monoisotopic (exact) mass is 437 g/mol. The van der Waals surface area contributed by atoms with Crippen LogP contribution in [0.1, 0.15) is 42.9 Å². The van der Waals surface area contributed by atoms with E-state index >= 15 is 0 Å². The first-order valence-electron chi connectivity index (χ1n) is 9.81. The van der Waals surface area contributed by atoms with E-state index in [0.717, 1.165) is 0 Å². The summed E-state index contributed by atoms with van der Waals surface area (Å²) in [6, 6.07) is 17.0. The number of rotatable bonds is 6. The number of H-pyrrole nitrogens is 1. The minimum Gasteiger partial charge on any atom is -0.363 e. The Hall–Kier alpha value is -3.38. The molecule has 31 heavy (non-hydrogen) atoms. The molecule has 2 amide bonds. The Bertz CT molecular complexity index is 1060. The Balaban J connectivity index is 2.12. The van der Waals surface area contributed by atoms with Crippen molar-refractivity contribution < 1.29 is 14.4 Å². The molecule has 2 N–H and O–H groups in total. The van der Waals surface area contributed by atoms with Gasteiger partial charge in [0.2, 0.25) is 5.91 Å². The highest BCUT2D eigenvalue weighted by molar-refractivity contribution is 6.47. The van der Waals surface area contributed by atoms with Crippen LogP contribution in [-0.2, 0) is 9.59 Å². The van der Waals surface area contributed by atoms with Gasteiger partial charge in [0.25, 0.3) is 11.7 Å². The van der Waals surface area contributed by atoms with Gasteiger partial charge in [0, 0.05) is 33.7 Å². The lowest BCUT2D eigenvalue weighted by Gasteiger charge is -2.32. The lowest BCUT2D eigenvalue weighted by molar-refractivity contribution is -0.126. The van der Waals surface area contributed by atoms with Crippen LogP contribution in [-0.4, -0.2) is 28.1 Å². The molecule has 0 fully saturated rings. The van der Waals surface area contributed by atoms with E-state index in [2.05, 4.69) is 10.3 Å². The number of nitrogens with one attached hydrogen (secondary N) is 2. The van der Waals surface area contributed by atoms with Crippen molar-refractivity contribution in [3.8, 4) is 0 Å². The molecule has 160 valence electrons. The molecule has 0 aliphatic rings. The number of aromatic amines is 1. The van der Waals surface area contributed by atoms with Crippen molar-refractivity contribution in [3.63, 3.8) is 0 Å². The number of nitrogens with zero attached hydrogens (tertiary/aromatic N) is 1. The van der Waals surface area contributed by atoms with Gasteiger partial charge in [-0.3, -0.25) is 19.3 Å². The molecule has 3 aromatic rings. The second-order valence-electron chi connectivity index (χ2n) is 8.11. The van der Waals surface area contributed by atoms with Crippen LogP contribution in [0.4, 0.5) is 5.69 Å². The summed E-state index contributed by atoms with van der Waals surface area (Å²) in [4.78, 5) is 44.1. The van der Waals surface area contributed by atoms with Gasteiger partial charge in [0.1, 0.15) is 0 Å². The molecule has 2 aromatic carbocycles. The summed E-state index contributed by atoms with van der Waals surface area (Å²) in [5.74, 6) is -1.95. The maximum atomic E-state index is 13.5. The van der Waals surface area contributed by atoms with Gasteiger partial charge in [0.05, 0.1) is 0 Å². The van der Waals surface area contributed by atoms with Gasteiger partial charge in [-0.2, -0.15) is 0 Å². The third-order valence-corrected chi connectivity index (χ3v) is 4.73. The summed E-state index contributed by atoms with van der Waals surface area (Å²) in [6.07, 6.45) is 1.66. The smallest absolute Gasteiger partial charge is 0.300 e. The van der Waals surface area contributed by atoms with Crippen LogP contribution in [0.25, 0.3) is 0 Å². The zero-order valence-electron chi connectivity index (χ0n) is 17.6. The number of Topliss-reactive ketones (excluding diaryl/α,β-unsaturated/α-hetero) is 1. The third kappa shape index (κ3) is 5.41. The summed E-state index contributed by atoms with van der Waals surface area (Å²) in [5.41, 5.74) is 0.557. The van der Waals surface area contributed by atoms with Crippen LogP contribution in [0.2, 0.25) is 5.02 Å². The zero-order valence-corrected chi connectivity index (χ0v) is 18.3. The molecule has 0 saturated carbocycles. The molecular weight excluding hydrogens is 414 g/mol. The summed E-state index contributed by atoms with van der Waals surface area (Å²) in [6.45, 7) is 5.54. The van der Waals surface area contributed by atoms with E-state index in [0.29, 0.717) is 16.4 Å². The third-order valence-electron chi connectivity index (χ3n) is 4.48. The maximum absolute atomic E-state index is 13.5. The Kier molecular flexibility index (Phi) is 6.61. The lowest BCUT2D eigenvalue weighted by Crippen LogP contribution is -2.51. The van der Waals surface area contributed by atoms with Crippen LogP contribution in [0, 0.1) is 0 Å². The van der Waals surface area contributed by atoms with Gasteiger partial charge in [-0.1, -0.05) is 41.9 Å². The van der Waals surface area contributed by atoms with E-state index in [-0.39, 0.29) is 5.56 Å². The number of anilines is 1. The summed E-state index contributed by atoms with van der Waals surface area (Å²) < 4.78 is 0. The number of carbonyl (C=O) groups is 3. The lowest BCUT2D eigenvalue weighted by atomic mass is 10.0. The van der Waals surface area contributed by atoms with Gasteiger partial charge >= 0.3 is 0 Å². The number of amides is 2. The number of hydrogen-bond donors (Lipinski definition) is 2. The average Bonchev–Trinajstić information content (AvgIpc) is 3.25. The first-order chi connectivity index (χ1) is 14.7. The first kappa shape index (κ1) is 22.3. The molecule has 3 rings (SSSR count). The normalized spacial score (nSPS) is 12.1. The van der Waals surface area contributed by atoms with Gasteiger partial charge in [-0.05, 0) is 57.2 Å². The SMILES string of the molecule is CC(C)(C)NC(=O)C(c1ccc[nH]1)N(C(=O)C(=O)c1ccccc1)c1ccc(Cl)cc1. The standard InChI is InChI=1S/C24H24ClN3O3/c1-24(2,3)27-22(30)20(19-10-7-15-26-19)28(18-13-11-17(25)12-14-18)23(31)21(29)16-8-5-4-6-9-16/h4-15,20,26H,1-3H3,(H,27,30). The molecule has 0 bridgehead atoms. The second-order valence-corrected chi connectivity index (χ2v) is 8.55. The van der Waals surface area contributed by atoms with Crippen LogP contribution < -0.4 is 10.2 Å². The fraction of sp³-hybridized carbons (Fsp3) is 0.208. The van der Waals surface area contributed by atoms with Gasteiger partial charge in [-0.15, -0.1) is 0 Å². The Morgan fingerprint density at radius 3 is 2.13 bits per heavy atom. The molecule has 0 aliphatic carbocycles. The number of aromatic nitrogens is 1. The fourth-order valence-corrected chi connectivity index (χ4v) is 3.28. The van der Waals surface area contributed by atoms with E-state index in [1.54, 1.807) is 72.9 Å². The van der Waals surface area contributed by atoms with Crippen LogP contribution in [0.5, 0.6) is 0 Å². The molecule has 0 saturated heterocycles. The number of carbonyl (C=O) groups excluding carboxylic acids is 3. The molecule has 0 radical (unpaired) electrons. The minimum absolute atomic E-state index is 0.243. The largest absolute Gasteiger partial charge is 0.363 e. The Morgan fingerprint density at radius 1 is 0.935 bits per heavy atom. The zero-order chi connectivity index (χ0) is 22.6. The van der Waals surface area contributed by atoms with Crippen molar-refractivity contribution in [3.05, 3.63) is 89.2 Å². The van der Waals surface area contributed by atoms with E-state index in [1.165, 1.54) is 4.90 Å². The highest BCUT2D eigenvalue weighted by Gasteiger charge is 2.37. The summed E-state index contributed by atoms with van der Waals surface area (Å²) in [7, 11) is 0. The first-order valence-corrected chi connectivity index (χ1v) is 10.2. The summed E-state index contributed by atoms with van der Waals surface area (Å²) >= 11 is 6.03. The van der Waals surface area contributed by atoms with Crippen molar-refractivity contribution in [2.75, 3.05) is 4.90 Å². The van der Waals surface area contributed by atoms with Crippen molar-refractivity contribution >= 4 is 34.9 Å². The molecule has 1 aromatic heterocycles. The number of benzene rings is 2. The van der Waals surface area contributed by atoms with Crippen molar-refractivity contribution in [1.29, 1.82) is 0 Å². The number of halogens is 1. The van der Waals surface area contributed by atoms with Crippen LogP contribution in [0.15, 0.2) is 72.9 Å². The van der Waals surface area contributed by atoms with E-state index in [4.69, 9.17) is 11.6 Å². The van der Waals surface area contributed by atoms with Crippen molar-refractivity contribution in [1.82, 2.24) is 10.3 Å². The summed E-state index contributed by atoms with van der Waals surface area (Å²) in [5, 5.41) is 3.39. The fourth-order valence-electron chi connectivity index (χ4n) is 3.16. The van der Waals surface area contributed by atoms with Crippen molar-refractivity contribution in [2.24, 2.45) is 0 Å². The molecule has 6 nitrogen and oxygen atoms in total.